The summed E-state index contributed by atoms with van der Waals surface area (Å²) in [5.74, 6) is 0.164. The monoisotopic (exact) mass is 269 g/mol. The number of aliphatic hydroxyl groups excluding tert-OH is 3. The van der Waals surface area contributed by atoms with E-state index in [1.165, 1.54) is 0 Å². The number of carbonyl (C=O) groups is 1. The van der Waals surface area contributed by atoms with Crippen molar-refractivity contribution in [2.75, 3.05) is 26.4 Å². The van der Waals surface area contributed by atoms with Gasteiger partial charge < -0.3 is 25.4 Å². The van der Waals surface area contributed by atoms with Crippen LogP contribution in [-0.4, -0.2) is 53.2 Å². The molecule has 1 rings (SSSR count). The molecule has 0 aliphatic heterocycles. The van der Waals surface area contributed by atoms with Gasteiger partial charge in [0.05, 0.1) is 26.4 Å². The number of benzene rings is 1. The Balaban J connectivity index is 2.77. The van der Waals surface area contributed by atoms with Gasteiger partial charge in [-0.05, 0) is 31.2 Å². The Labute approximate surface area is 111 Å². The van der Waals surface area contributed by atoms with Crippen LogP contribution in [0.2, 0.25) is 0 Å². The first-order chi connectivity index (χ1) is 9.10. The molecule has 0 bridgehead atoms. The number of amides is 1. The van der Waals surface area contributed by atoms with E-state index < -0.39 is 31.3 Å². The van der Waals surface area contributed by atoms with Gasteiger partial charge in [-0.2, -0.15) is 0 Å². The smallest absolute Gasteiger partial charge is 0.251 e. The Hall–Kier alpha value is -1.63. The predicted octanol–water partition coefficient (Wildman–Crippen LogP) is -0.469. The van der Waals surface area contributed by atoms with E-state index in [9.17, 15) is 4.79 Å². The van der Waals surface area contributed by atoms with Gasteiger partial charge >= 0.3 is 0 Å². The molecule has 0 aliphatic carbocycles. The summed E-state index contributed by atoms with van der Waals surface area (Å²) >= 11 is 0. The van der Waals surface area contributed by atoms with E-state index in [-0.39, 0.29) is 0 Å². The number of carbonyl (C=O) groups excluding carboxylic acids is 1. The minimum absolute atomic E-state index is 0.350. The summed E-state index contributed by atoms with van der Waals surface area (Å²) in [6.45, 7) is 0.737. The summed E-state index contributed by atoms with van der Waals surface area (Å²) in [5.41, 5.74) is -1.07. The summed E-state index contributed by atoms with van der Waals surface area (Å²) in [5, 5.41) is 29.8. The molecule has 0 aliphatic rings. The van der Waals surface area contributed by atoms with E-state index in [0.29, 0.717) is 17.9 Å². The van der Waals surface area contributed by atoms with Crippen molar-refractivity contribution < 1.29 is 24.9 Å². The van der Waals surface area contributed by atoms with Crippen molar-refractivity contribution in [1.29, 1.82) is 0 Å². The molecule has 6 nitrogen and oxygen atoms in total. The van der Waals surface area contributed by atoms with Crippen LogP contribution >= 0.6 is 0 Å². The largest absolute Gasteiger partial charge is 0.494 e. The van der Waals surface area contributed by atoms with Crippen molar-refractivity contribution in [3.8, 4) is 5.75 Å². The van der Waals surface area contributed by atoms with Crippen LogP contribution in [0.25, 0.3) is 0 Å². The lowest BCUT2D eigenvalue weighted by atomic mass is 10.0. The van der Waals surface area contributed by atoms with Crippen LogP contribution in [0.5, 0.6) is 5.75 Å². The summed E-state index contributed by atoms with van der Waals surface area (Å²) in [6, 6.07) is 6.43. The zero-order valence-electron chi connectivity index (χ0n) is 10.8. The zero-order chi connectivity index (χ0) is 14.3. The normalized spacial score (nSPS) is 11.2. The fraction of sp³-hybridized carbons (Fsp3) is 0.462. The SMILES string of the molecule is CCOc1ccc(C(=O)NC(CO)(CO)CO)cc1. The molecule has 1 aromatic carbocycles. The van der Waals surface area contributed by atoms with Crippen LogP contribution < -0.4 is 10.1 Å². The zero-order valence-corrected chi connectivity index (χ0v) is 10.8. The third-order valence-corrected chi connectivity index (χ3v) is 2.71. The third-order valence-electron chi connectivity index (χ3n) is 2.71. The highest BCUT2D eigenvalue weighted by molar-refractivity contribution is 5.94. The molecule has 0 spiro atoms. The van der Waals surface area contributed by atoms with E-state index in [1.54, 1.807) is 24.3 Å². The molecule has 0 unspecified atom stereocenters. The molecule has 0 radical (unpaired) electrons. The molecule has 1 amide bonds. The first-order valence-electron chi connectivity index (χ1n) is 5.98. The Bertz CT molecular complexity index is 392. The van der Waals surface area contributed by atoms with Crippen molar-refractivity contribution in [1.82, 2.24) is 5.32 Å². The Morgan fingerprint density at radius 1 is 1.16 bits per heavy atom. The first-order valence-corrected chi connectivity index (χ1v) is 5.98. The molecule has 0 saturated heterocycles. The van der Waals surface area contributed by atoms with Crippen LogP contribution in [0, 0.1) is 0 Å². The minimum atomic E-state index is -1.42. The summed E-state index contributed by atoms with van der Waals surface area (Å²) in [7, 11) is 0. The van der Waals surface area contributed by atoms with Gasteiger partial charge in [0.2, 0.25) is 0 Å². The number of ether oxygens (including phenoxy) is 1. The lowest BCUT2D eigenvalue weighted by molar-refractivity contribution is 0.0375. The van der Waals surface area contributed by atoms with Crippen molar-refractivity contribution in [2.45, 2.75) is 12.5 Å². The molecule has 0 fully saturated rings. The summed E-state index contributed by atoms with van der Waals surface area (Å²) in [6.07, 6.45) is 0. The second-order valence-corrected chi connectivity index (χ2v) is 4.17. The van der Waals surface area contributed by atoms with Gasteiger partial charge in [0.15, 0.2) is 0 Å². The molecule has 19 heavy (non-hydrogen) atoms. The van der Waals surface area contributed by atoms with Gasteiger partial charge in [-0.15, -0.1) is 0 Å². The molecular formula is C13H19NO5. The molecular weight excluding hydrogens is 250 g/mol. The maximum absolute atomic E-state index is 11.9. The van der Waals surface area contributed by atoms with Gasteiger partial charge in [-0.1, -0.05) is 0 Å². The fourth-order valence-corrected chi connectivity index (χ4v) is 1.45. The third kappa shape index (κ3) is 3.92. The van der Waals surface area contributed by atoms with E-state index in [4.69, 9.17) is 20.1 Å². The van der Waals surface area contributed by atoms with Crippen LogP contribution in [0.4, 0.5) is 0 Å². The average Bonchev–Trinajstić information content (AvgIpc) is 2.46. The van der Waals surface area contributed by atoms with Crippen LogP contribution in [-0.2, 0) is 0 Å². The van der Waals surface area contributed by atoms with Crippen LogP contribution in [0.3, 0.4) is 0 Å². The van der Waals surface area contributed by atoms with Gasteiger partial charge in [0.25, 0.3) is 5.91 Å². The number of nitrogens with one attached hydrogen (secondary N) is 1. The number of rotatable bonds is 7. The highest BCUT2D eigenvalue weighted by Crippen LogP contribution is 2.13. The molecule has 0 aromatic heterocycles. The maximum atomic E-state index is 11.9. The minimum Gasteiger partial charge on any atom is -0.494 e. The predicted molar refractivity (Wildman–Crippen MR) is 69.1 cm³/mol. The van der Waals surface area contributed by atoms with Crippen molar-refractivity contribution >= 4 is 5.91 Å². The highest BCUT2D eigenvalue weighted by atomic mass is 16.5. The fourth-order valence-electron chi connectivity index (χ4n) is 1.45. The first kappa shape index (κ1) is 15.4. The Kier molecular flexibility index (Phi) is 5.75. The number of aliphatic hydroxyl groups is 3. The molecule has 4 N–H and O–H groups in total. The Morgan fingerprint density at radius 3 is 2.11 bits per heavy atom. The van der Waals surface area contributed by atoms with E-state index in [1.807, 2.05) is 6.92 Å². The second kappa shape index (κ2) is 7.08. The molecule has 0 atom stereocenters. The molecule has 6 heteroatoms. The lowest BCUT2D eigenvalue weighted by Gasteiger charge is -2.28. The Morgan fingerprint density at radius 2 is 1.68 bits per heavy atom. The number of hydrogen-bond donors (Lipinski definition) is 4. The van der Waals surface area contributed by atoms with Crippen LogP contribution in [0.15, 0.2) is 24.3 Å². The number of hydrogen-bond acceptors (Lipinski definition) is 5. The van der Waals surface area contributed by atoms with Crippen molar-refractivity contribution in [3.63, 3.8) is 0 Å². The standard InChI is InChI=1S/C13H19NO5/c1-2-19-11-5-3-10(4-6-11)12(18)14-13(7-15,8-16)9-17/h3-6,15-17H,2,7-9H2,1H3,(H,14,18). The van der Waals surface area contributed by atoms with E-state index in [0.717, 1.165) is 0 Å². The average molecular weight is 269 g/mol. The maximum Gasteiger partial charge on any atom is 0.251 e. The second-order valence-electron chi connectivity index (χ2n) is 4.17. The summed E-state index contributed by atoms with van der Waals surface area (Å²) in [4.78, 5) is 11.9. The molecule has 0 heterocycles. The van der Waals surface area contributed by atoms with Gasteiger partial charge in [-0.3, -0.25) is 4.79 Å². The lowest BCUT2D eigenvalue weighted by Crippen LogP contribution is -2.57. The van der Waals surface area contributed by atoms with Gasteiger partial charge in [0.1, 0.15) is 11.3 Å². The van der Waals surface area contributed by atoms with E-state index >= 15 is 0 Å². The van der Waals surface area contributed by atoms with Crippen molar-refractivity contribution in [2.24, 2.45) is 0 Å². The van der Waals surface area contributed by atoms with Crippen LogP contribution in [0.1, 0.15) is 17.3 Å². The van der Waals surface area contributed by atoms with Gasteiger partial charge in [0, 0.05) is 5.56 Å². The van der Waals surface area contributed by atoms with E-state index in [2.05, 4.69) is 5.32 Å². The molecule has 0 saturated carbocycles. The quantitative estimate of drug-likeness (QED) is 0.536. The highest BCUT2D eigenvalue weighted by Gasteiger charge is 2.30. The van der Waals surface area contributed by atoms with Gasteiger partial charge in [-0.25, -0.2) is 0 Å². The molecule has 106 valence electrons. The van der Waals surface area contributed by atoms with Crippen molar-refractivity contribution in [3.05, 3.63) is 29.8 Å². The molecule has 1 aromatic rings. The summed E-state index contributed by atoms with van der Waals surface area (Å²) < 4.78 is 5.25. The topological polar surface area (TPSA) is 99.0 Å².